The first-order chi connectivity index (χ1) is 7.84. The molecular weight excluding hydrogens is 238 g/mol. The molecule has 0 fully saturated rings. The lowest BCUT2D eigenvalue weighted by molar-refractivity contribution is -0.217. The molecule has 0 bridgehead atoms. The zero-order valence-corrected chi connectivity index (χ0v) is 8.88. The Bertz CT molecular complexity index is 436. The minimum atomic E-state index is -4.47. The maximum Gasteiger partial charge on any atom is 0.414 e. The molecule has 0 aliphatic carbocycles. The van der Waals surface area contributed by atoms with Crippen LogP contribution in [0.25, 0.3) is 0 Å². The Morgan fingerprint density at radius 2 is 2.06 bits per heavy atom. The molecule has 1 unspecified atom stereocenters. The van der Waals surface area contributed by atoms with Gasteiger partial charge >= 0.3 is 6.18 Å². The molecule has 1 atom stereocenters. The Kier molecular flexibility index (Phi) is 4.07. The van der Waals surface area contributed by atoms with Crippen molar-refractivity contribution in [1.82, 2.24) is 0 Å². The summed E-state index contributed by atoms with van der Waals surface area (Å²) in [4.78, 5) is 0. The molecule has 0 saturated carbocycles. The summed E-state index contributed by atoms with van der Waals surface area (Å²) in [5, 5.41) is 8.68. The van der Waals surface area contributed by atoms with Gasteiger partial charge in [0.05, 0.1) is 18.2 Å². The highest BCUT2D eigenvalue weighted by molar-refractivity contribution is 5.37. The lowest BCUT2D eigenvalue weighted by atomic mass is 10.1. The number of halogens is 4. The van der Waals surface area contributed by atoms with E-state index < -0.39 is 24.7 Å². The third-order valence-corrected chi connectivity index (χ3v) is 2.14. The van der Waals surface area contributed by atoms with E-state index >= 15 is 0 Å². The number of hydrogen-bond donors (Lipinski definition) is 0. The second-order valence-electron chi connectivity index (χ2n) is 3.41. The average molecular weight is 247 g/mol. The molecule has 0 saturated heterocycles. The third kappa shape index (κ3) is 3.71. The molecule has 6 heteroatoms. The van der Waals surface area contributed by atoms with Crippen molar-refractivity contribution < 1.29 is 22.3 Å². The predicted octanol–water partition coefficient (Wildman–Crippen LogP) is 3.16. The van der Waals surface area contributed by atoms with Crippen LogP contribution in [0.15, 0.2) is 18.2 Å². The van der Waals surface area contributed by atoms with Crippen LogP contribution in [-0.2, 0) is 11.3 Å². The maximum atomic E-state index is 12.9. The van der Waals surface area contributed by atoms with Crippen molar-refractivity contribution >= 4 is 0 Å². The van der Waals surface area contributed by atoms with Gasteiger partial charge in [-0.1, -0.05) is 0 Å². The summed E-state index contributed by atoms with van der Waals surface area (Å²) >= 11 is 0. The average Bonchev–Trinajstić information content (AvgIpc) is 2.24. The summed E-state index contributed by atoms with van der Waals surface area (Å²) in [5.74, 6) is -0.623. The van der Waals surface area contributed by atoms with Crippen molar-refractivity contribution in [2.24, 2.45) is 0 Å². The molecule has 0 radical (unpaired) electrons. The molecule has 0 aliphatic rings. The predicted molar refractivity (Wildman–Crippen MR) is 51.4 cm³/mol. The van der Waals surface area contributed by atoms with Gasteiger partial charge in [-0.25, -0.2) is 4.39 Å². The van der Waals surface area contributed by atoms with Gasteiger partial charge in [0.15, 0.2) is 6.10 Å². The molecule has 1 aromatic rings. The van der Waals surface area contributed by atoms with Crippen LogP contribution in [0.2, 0.25) is 0 Å². The molecule has 0 heterocycles. The van der Waals surface area contributed by atoms with Crippen LogP contribution in [0.4, 0.5) is 17.6 Å². The van der Waals surface area contributed by atoms with Gasteiger partial charge < -0.3 is 4.74 Å². The van der Waals surface area contributed by atoms with Crippen molar-refractivity contribution in [3.63, 3.8) is 0 Å². The topological polar surface area (TPSA) is 33.0 Å². The van der Waals surface area contributed by atoms with E-state index in [1.807, 2.05) is 0 Å². The van der Waals surface area contributed by atoms with Crippen molar-refractivity contribution in [3.8, 4) is 6.07 Å². The summed E-state index contributed by atoms with van der Waals surface area (Å²) < 4.78 is 53.9. The van der Waals surface area contributed by atoms with Crippen molar-refractivity contribution in [2.45, 2.75) is 25.8 Å². The molecule has 0 aromatic heterocycles. The van der Waals surface area contributed by atoms with Gasteiger partial charge in [-0.05, 0) is 30.7 Å². The van der Waals surface area contributed by atoms with E-state index in [4.69, 9.17) is 5.26 Å². The van der Waals surface area contributed by atoms with E-state index in [2.05, 4.69) is 4.74 Å². The summed E-state index contributed by atoms with van der Waals surface area (Å²) in [6, 6.07) is 5.01. The number of ether oxygens (including phenoxy) is 1. The second kappa shape index (κ2) is 5.15. The first kappa shape index (κ1) is 13.5. The molecule has 0 aliphatic heterocycles. The SMILES string of the molecule is CC(OCc1cc(F)ccc1C#N)C(F)(F)F. The van der Waals surface area contributed by atoms with Gasteiger partial charge in [-0.2, -0.15) is 18.4 Å². The van der Waals surface area contributed by atoms with E-state index in [1.54, 1.807) is 6.07 Å². The maximum absolute atomic E-state index is 12.9. The second-order valence-corrected chi connectivity index (χ2v) is 3.41. The van der Waals surface area contributed by atoms with Crippen LogP contribution in [0.5, 0.6) is 0 Å². The minimum absolute atomic E-state index is 0.0979. The van der Waals surface area contributed by atoms with Crippen molar-refractivity contribution in [3.05, 3.63) is 35.1 Å². The van der Waals surface area contributed by atoms with E-state index in [1.165, 1.54) is 6.07 Å². The Labute approximate surface area is 95.4 Å². The fourth-order valence-electron chi connectivity index (χ4n) is 1.10. The molecule has 0 spiro atoms. The third-order valence-electron chi connectivity index (χ3n) is 2.14. The van der Waals surface area contributed by atoms with Crippen molar-refractivity contribution in [2.75, 3.05) is 0 Å². The largest absolute Gasteiger partial charge is 0.414 e. The van der Waals surface area contributed by atoms with Crippen LogP contribution in [0.3, 0.4) is 0 Å². The van der Waals surface area contributed by atoms with E-state index in [-0.39, 0.29) is 11.1 Å². The van der Waals surface area contributed by atoms with Crippen LogP contribution >= 0.6 is 0 Å². The van der Waals surface area contributed by atoms with Crippen LogP contribution < -0.4 is 0 Å². The zero-order valence-electron chi connectivity index (χ0n) is 8.88. The normalized spacial score (nSPS) is 13.2. The lowest BCUT2D eigenvalue weighted by Crippen LogP contribution is -2.28. The number of nitrogens with zero attached hydrogens (tertiary/aromatic N) is 1. The number of hydrogen-bond acceptors (Lipinski definition) is 2. The molecule has 0 N–H and O–H groups in total. The Balaban J connectivity index is 2.76. The van der Waals surface area contributed by atoms with Gasteiger partial charge in [0, 0.05) is 0 Å². The number of nitriles is 1. The lowest BCUT2D eigenvalue weighted by Gasteiger charge is -2.16. The van der Waals surface area contributed by atoms with E-state index in [9.17, 15) is 17.6 Å². The Morgan fingerprint density at radius 1 is 1.41 bits per heavy atom. The number of rotatable bonds is 3. The summed E-state index contributed by atoms with van der Waals surface area (Å²) in [5.41, 5.74) is 0.198. The molecule has 1 aromatic carbocycles. The summed E-state index contributed by atoms with van der Waals surface area (Å²) in [6.07, 6.45) is -6.43. The van der Waals surface area contributed by atoms with Gasteiger partial charge in [0.1, 0.15) is 5.82 Å². The van der Waals surface area contributed by atoms with Crippen LogP contribution in [0.1, 0.15) is 18.1 Å². The quantitative estimate of drug-likeness (QED) is 0.768. The first-order valence-electron chi connectivity index (χ1n) is 4.71. The molecule has 17 heavy (non-hydrogen) atoms. The van der Waals surface area contributed by atoms with Gasteiger partial charge in [0.2, 0.25) is 0 Å². The molecular formula is C11H9F4NO. The minimum Gasteiger partial charge on any atom is -0.364 e. The van der Waals surface area contributed by atoms with E-state index in [0.29, 0.717) is 0 Å². The summed E-state index contributed by atoms with van der Waals surface area (Å²) in [6.45, 7) is 0.396. The van der Waals surface area contributed by atoms with Crippen molar-refractivity contribution in [1.29, 1.82) is 5.26 Å². The monoisotopic (exact) mass is 247 g/mol. The smallest absolute Gasteiger partial charge is 0.364 e. The van der Waals surface area contributed by atoms with Gasteiger partial charge in [-0.3, -0.25) is 0 Å². The molecule has 0 amide bonds. The zero-order chi connectivity index (χ0) is 13.1. The molecule has 92 valence electrons. The fourth-order valence-corrected chi connectivity index (χ4v) is 1.10. The number of alkyl halides is 3. The van der Waals surface area contributed by atoms with Crippen LogP contribution in [-0.4, -0.2) is 12.3 Å². The van der Waals surface area contributed by atoms with Crippen LogP contribution in [0, 0.1) is 17.1 Å². The summed E-state index contributed by atoms with van der Waals surface area (Å²) in [7, 11) is 0. The highest BCUT2D eigenvalue weighted by Crippen LogP contribution is 2.23. The molecule has 1 rings (SSSR count). The van der Waals surface area contributed by atoms with E-state index in [0.717, 1.165) is 19.1 Å². The molecule has 2 nitrogen and oxygen atoms in total. The standard InChI is InChI=1S/C11H9F4NO/c1-7(11(13,14)15)17-6-9-4-10(12)3-2-8(9)5-16/h2-4,7H,6H2,1H3. The van der Waals surface area contributed by atoms with Gasteiger partial charge in [0.25, 0.3) is 0 Å². The Morgan fingerprint density at radius 3 is 2.59 bits per heavy atom. The number of benzene rings is 1. The highest BCUT2D eigenvalue weighted by atomic mass is 19.4. The van der Waals surface area contributed by atoms with Gasteiger partial charge in [-0.15, -0.1) is 0 Å². The first-order valence-corrected chi connectivity index (χ1v) is 4.71. The highest BCUT2D eigenvalue weighted by Gasteiger charge is 2.36. The fraction of sp³-hybridized carbons (Fsp3) is 0.364. The Hall–Kier alpha value is -1.61.